The van der Waals surface area contributed by atoms with Gasteiger partial charge >= 0.3 is 5.97 Å². The highest BCUT2D eigenvalue weighted by Crippen LogP contribution is 2.14. The highest BCUT2D eigenvalue weighted by atomic mass is 16.4. The largest absolute Gasteiger partial charge is 0.481 e. The van der Waals surface area contributed by atoms with E-state index in [0.717, 1.165) is 0 Å². The fraction of sp³-hybridized carbons (Fsp3) is 0.846. The molecule has 106 valence electrons. The van der Waals surface area contributed by atoms with Crippen molar-refractivity contribution in [1.29, 1.82) is 0 Å². The zero-order valence-electron chi connectivity index (χ0n) is 12.1. The Bertz CT molecular complexity index is 282. The van der Waals surface area contributed by atoms with Crippen LogP contribution in [0.5, 0.6) is 0 Å². The van der Waals surface area contributed by atoms with Gasteiger partial charge in [0.15, 0.2) is 0 Å². The molecule has 0 spiro atoms. The maximum atomic E-state index is 11.6. The molecular weight excluding hydrogens is 232 g/mol. The van der Waals surface area contributed by atoms with E-state index < -0.39 is 5.97 Å². The van der Waals surface area contributed by atoms with Gasteiger partial charge in [0.2, 0.25) is 5.91 Å². The van der Waals surface area contributed by atoms with Crippen LogP contribution in [0.2, 0.25) is 0 Å². The maximum absolute atomic E-state index is 11.6. The molecule has 0 bridgehead atoms. The van der Waals surface area contributed by atoms with Crippen LogP contribution in [0.25, 0.3) is 0 Å². The molecule has 5 heteroatoms. The zero-order valence-corrected chi connectivity index (χ0v) is 12.1. The summed E-state index contributed by atoms with van der Waals surface area (Å²) >= 11 is 0. The smallest absolute Gasteiger partial charge is 0.304 e. The van der Waals surface area contributed by atoms with Crippen molar-refractivity contribution >= 4 is 11.9 Å². The predicted octanol–water partition coefficient (Wildman–Crippen LogP) is 1.48. The lowest BCUT2D eigenvalue weighted by Gasteiger charge is -2.35. The Balaban J connectivity index is 4.25. The van der Waals surface area contributed by atoms with Crippen LogP contribution >= 0.6 is 0 Å². The lowest BCUT2D eigenvalue weighted by molar-refractivity contribution is -0.137. The molecule has 0 saturated carbocycles. The summed E-state index contributed by atoms with van der Waals surface area (Å²) in [6.45, 7) is 11.0. The molecular formula is C13H26N2O3. The number of hydrogen-bond acceptors (Lipinski definition) is 3. The van der Waals surface area contributed by atoms with Crippen molar-refractivity contribution in [2.24, 2.45) is 0 Å². The Hall–Kier alpha value is -1.10. The number of rotatable bonds is 7. The van der Waals surface area contributed by atoms with E-state index in [1.165, 1.54) is 0 Å². The fourth-order valence-electron chi connectivity index (χ4n) is 1.64. The number of aliphatic carboxylic acids is 1. The van der Waals surface area contributed by atoms with Crippen molar-refractivity contribution in [3.63, 3.8) is 0 Å². The molecule has 0 aromatic heterocycles. The number of carbonyl (C=O) groups excluding carboxylic acids is 1. The van der Waals surface area contributed by atoms with E-state index in [-0.39, 0.29) is 23.9 Å². The maximum Gasteiger partial charge on any atom is 0.304 e. The van der Waals surface area contributed by atoms with Crippen LogP contribution in [0.1, 0.15) is 47.5 Å². The SMILES string of the molecule is CC(C)NC(=O)CCN(CCC(=O)O)C(C)(C)C. The average molecular weight is 258 g/mol. The van der Waals surface area contributed by atoms with E-state index in [1.807, 2.05) is 39.5 Å². The first-order valence-electron chi connectivity index (χ1n) is 6.39. The first-order valence-corrected chi connectivity index (χ1v) is 6.39. The third-order valence-electron chi connectivity index (χ3n) is 2.60. The monoisotopic (exact) mass is 258 g/mol. The molecule has 0 aromatic rings. The van der Waals surface area contributed by atoms with Gasteiger partial charge in [-0.05, 0) is 34.6 Å². The number of nitrogens with zero attached hydrogens (tertiary/aromatic N) is 1. The van der Waals surface area contributed by atoms with Gasteiger partial charge in [0, 0.05) is 31.1 Å². The molecule has 0 heterocycles. The van der Waals surface area contributed by atoms with E-state index >= 15 is 0 Å². The van der Waals surface area contributed by atoms with E-state index in [0.29, 0.717) is 19.5 Å². The van der Waals surface area contributed by atoms with Gasteiger partial charge in [-0.15, -0.1) is 0 Å². The standard InChI is InChI=1S/C13H26N2O3/c1-10(2)14-11(16)6-8-15(13(3,4)5)9-7-12(17)18/h10H,6-9H2,1-5H3,(H,14,16)(H,17,18). The van der Waals surface area contributed by atoms with Gasteiger partial charge in [-0.1, -0.05) is 0 Å². The van der Waals surface area contributed by atoms with Crippen molar-refractivity contribution in [2.45, 2.75) is 59.0 Å². The summed E-state index contributed by atoms with van der Waals surface area (Å²) in [7, 11) is 0. The topological polar surface area (TPSA) is 69.6 Å². The van der Waals surface area contributed by atoms with E-state index in [2.05, 4.69) is 5.32 Å². The molecule has 0 rings (SSSR count). The number of hydrogen-bond donors (Lipinski definition) is 2. The number of amides is 1. The molecule has 0 radical (unpaired) electrons. The minimum absolute atomic E-state index is 0.00887. The van der Waals surface area contributed by atoms with E-state index in [4.69, 9.17) is 5.11 Å². The normalized spacial score (nSPS) is 11.9. The molecule has 0 aliphatic heterocycles. The molecule has 1 amide bonds. The van der Waals surface area contributed by atoms with Gasteiger partial charge in [-0.25, -0.2) is 0 Å². The molecule has 18 heavy (non-hydrogen) atoms. The molecule has 2 N–H and O–H groups in total. The number of carboxylic acid groups (broad SMARTS) is 1. The van der Waals surface area contributed by atoms with Gasteiger partial charge < -0.3 is 10.4 Å². The van der Waals surface area contributed by atoms with Crippen LogP contribution in [0, 0.1) is 0 Å². The van der Waals surface area contributed by atoms with E-state index in [9.17, 15) is 9.59 Å². The molecule has 0 unspecified atom stereocenters. The van der Waals surface area contributed by atoms with Crippen LogP contribution < -0.4 is 5.32 Å². The fourth-order valence-corrected chi connectivity index (χ4v) is 1.64. The average Bonchev–Trinajstić information content (AvgIpc) is 2.13. The molecule has 0 fully saturated rings. The molecule has 0 aromatic carbocycles. The van der Waals surface area contributed by atoms with Crippen LogP contribution in [0.4, 0.5) is 0 Å². The second kappa shape index (κ2) is 7.36. The molecule has 0 aliphatic carbocycles. The van der Waals surface area contributed by atoms with Crippen LogP contribution in [-0.2, 0) is 9.59 Å². The van der Waals surface area contributed by atoms with Crippen molar-refractivity contribution in [1.82, 2.24) is 10.2 Å². The lowest BCUT2D eigenvalue weighted by Crippen LogP contribution is -2.44. The summed E-state index contributed by atoms with van der Waals surface area (Å²) < 4.78 is 0. The van der Waals surface area contributed by atoms with Crippen molar-refractivity contribution in [3.8, 4) is 0 Å². The Labute approximate surface area is 110 Å². The highest BCUT2D eigenvalue weighted by molar-refractivity contribution is 5.76. The summed E-state index contributed by atoms with van der Waals surface area (Å²) in [6.07, 6.45) is 0.498. The van der Waals surface area contributed by atoms with Crippen LogP contribution in [-0.4, -0.2) is 46.6 Å². The van der Waals surface area contributed by atoms with Gasteiger partial charge in [-0.2, -0.15) is 0 Å². The van der Waals surface area contributed by atoms with Crippen LogP contribution in [0.15, 0.2) is 0 Å². The molecule has 0 atom stereocenters. The van der Waals surface area contributed by atoms with Crippen molar-refractivity contribution in [2.75, 3.05) is 13.1 Å². The van der Waals surface area contributed by atoms with Gasteiger partial charge in [0.05, 0.1) is 6.42 Å². The summed E-state index contributed by atoms with van der Waals surface area (Å²) in [5, 5.41) is 11.6. The van der Waals surface area contributed by atoms with Crippen LogP contribution in [0.3, 0.4) is 0 Å². The minimum atomic E-state index is -0.809. The first-order chi connectivity index (χ1) is 8.12. The lowest BCUT2D eigenvalue weighted by atomic mass is 10.1. The Morgan fingerprint density at radius 2 is 1.67 bits per heavy atom. The Morgan fingerprint density at radius 3 is 2.06 bits per heavy atom. The number of carbonyl (C=O) groups is 2. The van der Waals surface area contributed by atoms with Gasteiger partial charge in [0.1, 0.15) is 0 Å². The summed E-state index contributed by atoms with van der Waals surface area (Å²) in [6, 6.07) is 0.139. The van der Waals surface area contributed by atoms with E-state index in [1.54, 1.807) is 0 Å². The first kappa shape index (κ1) is 16.9. The van der Waals surface area contributed by atoms with Gasteiger partial charge in [-0.3, -0.25) is 14.5 Å². The highest BCUT2D eigenvalue weighted by Gasteiger charge is 2.22. The van der Waals surface area contributed by atoms with Crippen molar-refractivity contribution in [3.05, 3.63) is 0 Å². The zero-order chi connectivity index (χ0) is 14.3. The molecule has 0 saturated heterocycles. The summed E-state index contributed by atoms with van der Waals surface area (Å²) in [5.74, 6) is -0.801. The number of carboxylic acids is 1. The number of nitrogens with one attached hydrogen (secondary N) is 1. The summed E-state index contributed by atoms with van der Waals surface area (Å²) in [5.41, 5.74) is -0.131. The third kappa shape index (κ3) is 8.06. The van der Waals surface area contributed by atoms with Gasteiger partial charge in [0.25, 0.3) is 0 Å². The molecule has 5 nitrogen and oxygen atoms in total. The quantitative estimate of drug-likeness (QED) is 0.725. The summed E-state index contributed by atoms with van der Waals surface area (Å²) in [4.78, 5) is 24.2. The molecule has 0 aliphatic rings. The third-order valence-corrected chi connectivity index (χ3v) is 2.60. The second-order valence-electron chi connectivity index (χ2n) is 5.77. The predicted molar refractivity (Wildman–Crippen MR) is 71.5 cm³/mol. The van der Waals surface area contributed by atoms with Crippen molar-refractivity contribution < 1.29 is 14.7 Å². The Morgan fingerprint density at radius 1 is 1.17 bits per heavy atom. The second-order valence-corrected chi connectivity index (χ2v) is 5.77. The minimum Gasteiger partial charge on any atom is -0.481 e. The Kier molecular flexibility index (Phi) is 6.91.